The number of halogens is 1. The van der Waals surface area contributed by atoms with Crippen LogP contribution in [0, 0.1) is 0 Å². The molecule has 7 nitrogen and oxygen atoms in total. The van der Waals surface area contributed by atoms with Crippen molar-refractivity contribution >= 4 is 39.6 Å². The van der Waals surface area contributed by atoms with Gasteiger partial charge in [0.25, 0.3) is 11.8 Å². The van der Waals surface area contributed by atoms with E-state index < -0.39 is 41.4 Å². The molecule has 2 aromatic rings. The Labute approximate surface area is 188 Å². The zero-order chi connectivity index (χ0) is 22.5. The molecule has 2 aromatic carbocycles. The first-order valence-electron chi connectivity index (χ1n) is 9.84. The number of hydrogen-bond donors (Lipinski definition) is 0. The number of carbonyl (C=O) groups excluding carboxylic acids is 4. The summed E-state index contributed by atoms with van der Waals surface area (Å²) in [5.41, 5.74) is 0.552. The number of hydrogen-bond acceptors (Lipinski definition) is 5. The van der Waals surface area contributed by atoms with E-state index in [2.05, 4.69) is 15.9 Å². The molecule has 0 spiro atoms. The van der Waals surface area contributed by atoms with Gasteiger partial charge in [-0.1, -0.05) is 46.3 Å². The largest absolute Gasteiger partial charge is 0.459 e. The van der Waals surface area contributed by atoms with Gasteiger partial charge in [0.2, 0.25) is 5.91 Å². The van der Waals surface area contributed by atoms with Crippen molar-refractivity contribution < 1.29 is 23.9 Å². The number of rotatable bonds is 4. The molecule has 160 valence electrons. The van der Waals surface area contributed by atoms with Crippen LogP contribution in [0.1, 0.15) is 53.1 Å². The van der Waals surface area contributed by atoms with Crippen molar-refractivity contribution in [2.45, 2.75) is 38.5 Å². The van der Waals surface area contributed by atoms with Crippen molar-refractivity contribution in [1.29, 1.82) is 0 Å². The lowest BCUT2D eigenvalue weighted by molar-refractivity contribution is -0.170. The third-order valence-electron chi connectivity index (χ3n) is 5.22. The highest BCUT2D eigenvalue weighted by molar-refractivity contribution is 9.10. The lowest BCUT2D eigenvalue weighted by Gasteiger charge is -2.49. The molecule has 3 amide bonds. The normalized spacial score (nSPS) is 20.6. The summed E-state index contributed by atoms with van der Waals surface area (Å²) in [6, 6.07) is 12.0. The fraction of sp³-hybridized carbons (Fsp3) is 0.304. The van der Waals surface area contributed by atoms with Crippen LogP contribution in [0.4, 0.5) is 0 Å². The van der Waals surface area contributed by atoms with E-state index in [1.807, 2.05) is 12.1 Å². The van der Waals surface area contributed by atoms with E-state index in [0.29, 0.717) is 10.0 Å². The van der Waals surface area contributed by atoms with Gasteiger partial charge in [-0.2, -0.15) is 0 Å². The summed E-state index contributed by atoms with van der Waals surface area (Å²) in [7, 11) is 0. The Bertz CT molecular complexity index is 1070. The van der Waals surface area contributed by atoms with Gasteiger partial charge in [-0.3, -0.25) is 24.1 Å². The summed E-state index contributed by atoms with van der Waals surface area (Å²) in [4.78, 5) is 53.9. The van der Waals surface area contributed by atoms with Gasteiger partial charge < -0.3 is 9.64 Å². The molecule has 0 bridgehead atoms. The Balaban J connectivity index is 1.69. The molecule has 2 atom stereocenters. The minimum atomic E-state index is -1.03. The van der Waals surface area contributed by atoms with E-state index in [-0.39, 0.29) is 17.7 Å². The number of nitrogens with zero attached hydrogens (tertiary/aromatic N) is 2. The second kappa shape index (κ2) is 7.60. The summed E-state index contributed by atoms with van der Waals surface area (Å²) >= 11 is 3.49. The topological polar surface area (TPSA) is 84.0 Å². The third-order valence-corrected chi connectivity index (χ3v) is 5.94. The average Bonchev–Trinajstić information content (AvgIpc) is 2.94. The number of imide groups is 1. The maximum atomic E-state index is 13.1. The van der Waals surface area contributed by atoms with Gasteiger partial charge in [-0.05, 0) is 44.5 Å². The molecule has 1 saturated heterocycles. The number of amides is 3. The van der Waals surface area contributed by atoms with Crippen molar-refractivity contribution in [2.24, 2.45) is 0 Å². The Morgan fingerprint density at radius 3 is 2.03 bits per heavy atom. The molecule has 0 aliphatic carbocycles. The fourth-order valence-corrected chi connectivity index (χ4v) is 4.50. The van der Waals surface area contributed by atoms with Gasteiger partial charge in [0, 0.05) is 4.47 Å². The zero-order valence-corrected chi connectivity index (χ0v) is 18.9. The smallest absolute Gasteiger partial charge is 0.326 e. The number of ether oxygens (including phenoxy) is 1. The van der Waals surface area contributed by atoms with Crippen LogP contribution in [0.5, 0.6) is 0 Å². The fourth-order valence-electron chi connectivity index (χ4n) is 3.98. The quantitative estimate of drug-likeness (QED) is 0.377. The number of carbonyl (C=O) groups is 4. The molecule has 0 saturated carbocycles. The molecule has 8 heteroatoms. The van der Waals surface area contributed by atoms with E-state index in [1.165, 1.54) is 4.90 Å². The van der Waals surface area contributed by atoms with Gasteiger partial charge in [0.15, 0.2) is 0 Å². The second-order valence-corrected chi connectivity index (χ2v) is 9.34. The first kappa shape index (κ1) is 21.2. The highest BCUT2D eigenvalue weighted by Gasteiger charge is 2.57. The van der Waals surface area contributed by atoms with E-state index in [0.717, 1.165) is 4.90 Å². The first-order chi connectivity index (χ1) is 14.6. The molecule has 2 heterocycles. The summed E-state index contributed by atoms with van der Waals surface area (Å²) < 4.78 is 6.08. The van der Waals surface area contributed by atoms with E-state index in [9.17, 15) is 19.2 Å². The molecule has 4 rings (SSSR count). The van der Waals surface area contributed by atoms with E-state index in [4.69, 9.17) is 4.74 Å². The summed E-state index contributed by atoms with van der Waals surface area (Å²) in [5, 5.41) is 0. The van der Waals surface area contributed by atoms with Crippen molar-refractivity contribution in [3.8, 4) is 0 Å². The van der Waals surface area contributed by atoms with E-state index >= 15 is 0 Å². The number of β-lactam (4-membered cyclic amide) rings is 1. The number of fused-ring (bicyclic) bond motifs is 1. The lowest BCUT2D eigenvalue weighted by Crippen LogP contribution is -2.67. The Morgan fingerprint density at radius 1 is 0.935 bits per heavy atom. The molecule has 2 aliphatic rings. The standard InChI is InChI=1S/C23H21BrN2O5/c1-23(2,3)31-17(27)12-25-18(15-10-6-7-11-16(15)24)19(22(25)30)26-20(28)13-8-4-5-9-14(13)21(26)29/h4-11,18-19H,12H2,1-3H3/t18-,19+/m1/s1. The summed E-state index contributed by atoms with van der Waals surface area (Å²) in [6.07, 6.45) is 0. The van der Waals surface area contributed by atoms with Crippen LogP contribution in [-0.4, -0.2) is 51.7 Å². The predicted octanol–water partition coefficient (Wildman–Crippen LogP) is 3.34. The van der Waals surface area contributed by atoms with Crippen molar-refractivity contribution in [2.75, 3.05) is 6.54 Å². The van der Waals surface area contributed by atoms with E-state index in [1.54, 1.807) is 57.2 Å². The predicted molar refractivity (Wildman–Crippen MR) is 115 cm³/mol. The Kier molecular flexibility index (Phi) is 5.21. The van der Waals surface area contributed by atoms with Crippen LogP contribution in [0.2, 0.25) is 0 Å². The molecule has 1 fully saturated rings. The van der Waals surface area contributed by atoms with Crippen LogP contribution < -0.4 is 0 Å². The second-order valence-electron chi connectivity index (χ2n) is 8.49. The van der Waals surface area contributed by atoms with Gasteiger partial charge in [-0.25, -0.2) is 0 Å². The molecular formula is C23H21BrN2O5. The van der Waals surface area contributed by atoms with Crippen LogP contribution in [0.15, 0.2) is 53.0 Å². The minimum Gasteiger partial charge on any atom is -0.459 e. The van der Waals surface area contributed by atoms with Crippen molar-refractivity contribution in [1.82, 2.24) is 9.80 Å². The molecule has 0 radical (unpaired) electrons. The number of benzene rings is 2. The van der Waals surface area contributed by atoms with Crippen molar-refractivity contribution in [3.63, 3.8) is 0 Å². The highest BCUT2D eigenvalue weighted by atomic mass is 79.9. The minimum absolute atomic E-state index is 0.275. The average molecular weight is 485 g/mol. The molecule has 2 aliphatic heterocycles. The van der Waals surface area contributed by atoms with Gasteiger partial charge in [0.1, 0.15) is 18.2 Å². The van der Waals surface area contributed by atoms with Gasteiger partial charge in [0.05, 0.1) is 17.2 Å². The van der Waals surface area contributed by atoms with Gasteiger partial charge >= 0.3 is 5.97 Å². The summed E-state index contributed by atoms with van der Waals surface area (Å²) in [6.45, 7) is 4.96. The lowest BCUT2D eigenvalue weighted by atomic mass is 9.87. The maximum absolute atomic E-state index is 13.1. The highest BCUT2D eigenvalue weighted by Crippen LogP contribution is 2.43. The van der Waals surface area contributed by atoms with Crippen LogP contribution in [0.3, 0.4) is 0 Å². The molecule has 0 aromatic heterocycles. The molecular weight excluding hydrogens is 464 g/mol. The van der Waals surface area contributed by atoms with Gasteiger partial charge in [-0.15, -0.1) is 0 Å². The zero-order valence-electron chi connectivity index (χ0n) is 17.3. The third kappa shape index (κ3) is 3.65. The molecule has 0 unspecified atom stereocenters. The SMILES string of the molecule is CC(C)(C)OC(=O)CN1C(=O)[C@@H](N2C(=O)c3ccccc3C2=O)[C@H]1c1ccccc1Br. The monoisotopic (exact) mass is 484 g/mol. The first-order valence-corrected chi connectivity index (χ1v) is 10.6. The van der Waals surface area contributed by atoms with Crippen LogP contribution in [0.25, 0.3) is 0 Å². The van der Waals surface area contributed by atoms with Crippen LogP contribution >= 0.6 is 15.9 Å². The van der Waals surface area contributed by atoms with Crippen molar-refractivity contribution in [3.05, 3.63) is 69.7 Å². The number of esters is 1. The number of likely N-dealkylation sites (tertiary alicyclic amines) is 1. The van der Waals surface area contributed by atoms with Crippen LogP contribution in [-0.2, 0) is 14.3 Å². The molecule has 0 N–H and O–H groups in total. The Hall–Kier alpha value is -3.00. The Morgan fingerprint density at radius 2 is 1.48 bits per heavy atom. The summed E-state index contributed by atoms with van der Waals surface area (Å²) in [5.74, 6) is -2.04. The maximum Gasteiger partial charge on any atom is 0.326 e. The molecule has 31 heavy (non-hydrogen) atoms.